The van der Waals surface area contributed by atoms with Gasteiger partial charge < -0.3 is 5.32 Å². The summed E-state index contributed by atoms with van der Waals surface area (Å²) in [5.41, 5.74) is 0.724. The van der Waals surface area contributed by atoms with Gasteiger partial charge in [-0.2, -0.15) is 4.52 Å². The summed E-state index contributed by atoms with van der Waals surface area (Å²) >= 11 is 8.61. The highest BCUT2D eigenvalue weighted by Gasteiger charge is 2.12. The SMILES string of the molecule is CCc1nnc2sc(SCC(=O)Nc3ccc(Cl)cc3)nn12. The van der Waals surface area contributed by atoms with Gasteiger partial charge in [0.05, 0.1) is 5.75 Å². The van der Waals surface area contributed by atoms with Crippen molar-refractivity contribution in [1.82, 2.24) is 19.8 Å². The number of amides is 1. The summed E-state index contributed by atoms with van der Waals surface area (Å²) in [5, 5.41) is 16.0. The normalized spacial score (nSPS) is 11.0. The number of hydrogen-bond acceptors (Lipinski definition) is 6. The molecule has 1 amide bonds. The van der Waals surface area contributed by atoms with Gasteiger partial charge in [-0.15, -0.1) is 15.3 Å². The molecule has 0 fully saturated rings. The fraction of sp³-hybridized carbons (Fsp3) is 0.231. The Balaban J connectivity index is 1.59. The number of anilines is 1. The van der Waals surface area contributed by atoms with Crippen LogP contribution in [0.3, 0.4) is 0 Å². The van der Waals surface area contributed by atoms with Gasteiger partial charge >= 0.3 is 0 Å². The Bertz CT molecular complexity index is 798. The average molecular weight is 354 g/mol. The standard InChI is InChI=1S/C13H12ClN5OS2/c1-2-10-16-17-12-19(10)18-13(22-12)21-7-11(20)15-9-5-3-8(14)4-6-9/h3-6H,2,7H2,1H3,(H,15,20). The molecule has 0 saturated heterocycles. The number of thioether (sulfide) groups is 1. The third-order valence-electron chi connectivity index (χ3n) is 2.81. The van der Waals surface area contributed by atoms with Gasteiger partial charge in [0.2, 0.25) is 10.9 Å². The van der Waals surface area contributed by atoms with E-state index in [1.165, 1.54) is 23.1 Å². The van der Waals surface area contributed by atoms with Crippen LogP contribution in [0.2, 0.25) is 5.02 Å². The molecular formula is C13H12ClN5OS2. The fourth-order valence-electron chi connectivity index (χ4n) is 1.78. The van der Waals surface area contributed by atoms with Crippen molar-refractivity contribution in [3.05, 3.63) is 35.1 Å². The van der Waals surface area contributed by atoms with Gasteiger partial charge in [0, 0.05) is 17.1 Å². The second-order valence-corrected chi connectivity index (χ2v) is 6.99. The van der Waals surface area contributed by atoms with Crippen molar-refractivity contribution >= 4 is 51.3 Å². The summed E-state index contributed by atoms with van der Waals surface area (Å²) in [7, 11) is 0. The highest BCUT2D eigenvalue weighted by atomic mass is 35.5. The molecule has 114 valence electrons. The van der Waals surface area contributed by atoms with Crippen molar-refractivity contribution < 1.29 is 4.79 Å². The molecule has 3 rings (SSSR count). The summed E-state index contributed by atoms with van der Waals surface area (Å²) in [6, 6.07) is 7.00. The molecule has 6 nitrogen and oxygen atoms in total. The zero-order valence-electron chi connectivity index (χ0n) is 11.6. The van der Waals surface area contributed by atoms with E-state index >= 15 is 0 Å². The predicted octanol–water partition coefficient (Wildman–Crippen LogP) is 3.13. The number of fused-ring (bicyclic) bond motifs is 1. The van der Waals surface area contributed by atoms with Crippen LogP contribution in [-0.4, -0.2) is 31.5 Å². The Kier molecular flexibility index (Phi) is 4.60. The number of carbonyl (C=O) groups is 1. The second kappa shape index (κ2) is 6.64. The molecule has 0 aliphatic heterocycles. The van der Waals surface area contributed by atoms with E-state index in [9.17, 15) is 4.79 Å². The molecule has 2 aromatic heterocycles. The van der Waals surface area contributed by atoms with E-state index in [0.717, 1.165) is 27.2 Å². The molecule has 0 spiro atoms. The highest BCUT2D eigenvalue weighted by molar-refractivity contribution is 8.01. The summed E-state index contributed by atoms with van der Waals surface area (Å²) in [6.45, 7) is 2.00. The van der Waals surface area contributed by atoms with Crippen molar-refractivity contribution in [2.24, 2.45) is 0 Å². The van der Waals surface area contributed by atoms with Gasteiger partial charge in [0.1, 0.15) is 0 Å². The number of hydrogen-bond donors (Lipinski definition) is 1. The number of nitrogens with zero attached hydrogens (tertiary/aromatic N) is 4. The van der Waals surface area contributed by atoms with Crippen molar-refractivity contribution in [1.29, 1.82) is 0 Å². The van der Waals surface area contributed by atoms with E-state index < -0.39 is 0 Å². The molecule has 9 heteroatoms. The number of halogens is 1. The first-order valence-corrected chi connectivity index (χ1v) is 8.73. The Morgan fingerprint density at radius 3 is 2.86 bits per heavy atom. The van der Waals surface area contributed by atoms with E-state index in [2.05, 4.69) is 20.6 Å². The third kappa shape index (κ3) is 3.40. The summed E-state index contributed by atoms with van der Waals surface area (Å²) in [5.74, 6) is 1.02. The van der Waals surface area contributed by atoms with Crippen LogP contribution < -0.4 is 5.32 Å². The molecule has 0 unspecified atom stereocenters. The van der Waals surface area contributed by atoms with E-state index in [1.54, 1.807) is 28.8 Å². The highest BCUT2D eigenvalue weighted by Crippen LogP contribution is 2.24. The lowest BCUT2D eigenvalue weighted by atomic mass is 10.3. The predicted molar refractivity (Wildman–Crippen MR) is 88.8 cm³/mol. The minimum atomic E-state index is -0.0889. The zero-order valence-corrected chi connectivity index (χ0v) is 14.0. The Morgan fingerprint density at radius 2 is 2.14 bits per heavy atom. The van der Waals surface area contributed by atoms with Crippen molar-refractivity contribution in [3.8, 4) is 0 Å². The number of aryl methyl sites for hydroxylation is 1. The number of rotatable bonds is 5. The lowest BCUT2D eigenvalue weighted by Crippen LogP contribution is -2.13. The maximum atomic E-state index is 11.9. The number of carbonyl (C=O) groups excluding carboxylic acids is 1. The topological polar surface area (TPSA) is 72.2 Å². The lowest BCUT2D eigenvalue weighted by molar-refractivity contribution is -0.113. The first-order valence-electron chi connectivity index (χ1n) is 6.55. The molecule has 2 heterocycles. The van der Waals surface area contributed by atoms with Gasteiger partial charge in [0.25, 0.3) is 0 Å². The molecular weight excluding hydrogens is 342 g/mol. The van der Waals surface area contributed by atoms with Crippen LogP contribution in [0, 0.1) is 0 Å². The number of nitrogens with one attached hydrogen (secondary N) is 1. The third-order valence-corrected chi connectivity index (χ3v) is 5.09. The van der Waals surface area contributed by atoms with Crippen LogP contribution in [0.1, 0.15) is 12.7 Å². The minimum absolute atomic E-state index is 0.0889. The van der Waals surface area contributed by atoms with Gasteiger partial charge in [-0.3, -0.25) is 4.79 Å². The quantitative estimate of drug-likeness (QED) is 0.713. The molecule has 0 radical (unpaired) electrons. The first kappa shape index (κ1) is 15.3. The second-order valence-electron chi connectivity index (χ2n) is 4.38. The smallest absolute Gasteiger partial charge is 0.235 e. The molecule has 0 bridgehead atoms. The fourth-order valence-corrected chi connectivity index (χ4v) is 3.60. The lowest BCUT2D eigenvalue weighted by Gasteiger charge is -2.03. The van der Waals surface area contributed by atoms with Crippen molar-refractivity contribution in [2.75, 3.05) is 11.1 Å². The maximum Gasteiger partial charge on any atom is 0.235 e. The number of aromatic nitrogens is 4. The van der Waals surface area contributed by atoms with Crippen LogP contribution in [0.5, 0.6) is 0 Å². The molecule has 22 heavy (non-hydrogen) atoms. The molecule has 0 saturated carbocycles. The van der Waals surface area contributed by atoms with Crippen LogP contribution in [0.25, 0.3) is 4.96 Å². The van der Waals surface area contributed by atoms with Gasteiger partial charge in [0.15, 0.2) is 10.2 Å². The van der Waals surface area contributed by atoms with Crippen molar-refractivity contribution in [2.45, 2.75) is 17.7 Å². The average Bonchev–Trinajstić information content (AvgIpc) is 3.07. The first-order chi connectivity index (χ1) is 10.7. The number of benzene rings is 1. The summed E-state index contributed by atoms with van der Waals surface area (Å²) in [6.07, 6.45) is 0.770. The van der Waals surface area contributed by atoms with Gasteiger partial charge in [-0.25, -0.2) is 0 Å². The monoisotopic (exact) mass is 353 g/mol. The Hall–Kier alpha value is -1.64. The Labute approximate surface area is 139 Å². The molecule has 0 aliphatic carbocycles. The summed E-state index contributed by atoms with van der Waals surface area (Å²) < 4.78 is 2.52. The Morgan fingerprint density at radius 1 is 1.36 bits per heavy atom. The van der Waals surface area contributed by atoms with E-state index in [1.807, 2.05) is 6.92 Å². The largest absolute Gasteiger partial charge is 0.325 e. The van der Waals surface area contributed by atoms with Crippen molar-refractivity contribution in [3.63, 3.8) is 0 Å². The van der Waals surface area contributed by atoms with E-state index in [-0.39, 0.29) is 11.7 Å². The van der Waals surface area contributed by atoms with E-state index in [4.69, 9.17) is 11.6 Å². The molecule has 0 atom stereocenters. The molecule has 1 aromatic carbocycles. The van der Waals surface area contributed by atoms with Crippen LogP contribution >= 0.6 is 34.7 Å². The van der Waals surface area contributed by atoms with Crippen LogP contribution in [-0.2, 0) is 11.2 Å². The molecule has 3 aromatic rings. The van der Waals surface area contributed by atoms with Gasteiger partial charge in [-0.1, -0.05) is 41.6 Å². The molecule has 1 N–H and O–H groups in total. The maximum absolute atomic E-state index is 11.9. The van der Waals surface area contributed by atoms with Crippen LogP contribution in [0.15, 0.2) is 28.6 Å². The summed E-state index contributed by atoms with van der Waals surface area (Å²) in [4.78, 5) is 12.7. The van der Waals surface area contributed by atoms with Crippen LogP contribution in [0.4, 0.5) is 5.69 Å². The minimum Gasteiger partial charge on any atom is -0.325 e. The molecule has 0 aliphatic rings. The van der Waals surface area contributed by atoms with E-state index in [0.29, 0.717) is 5.02 Å². The zero-order chi connectivity index (χ0) is 15.5. The van der Waals surface area contributed by atoms with Gasteiger partial charge in [-0.05, 0) is 24.3 Å².